The molecule has 1 aromatic rings. The molecule has 0 atom stereocenters. The van der Waals surface area contributed by atoms with Crippen LogP contribution >= 0.6 is 0 Å². The number of methoxy groups -OCH3 is 1. The van der Waals surface area contributed by atoms with Gasteiger partial charge in [-0.3, -0.25) is 0 Å². The summed E-state index contributed by atoms with van der Waals surface area (Å²) in [4.78, 5) is 0. The summed E-state index contributed by atoms with van der Waals surface area (Å²) in [6.45, 7) is 3.42. The molecule has 1 saturated carbocycles. The Morgan fingerprint density at radius 3 is 2.59 bits per heavy atom. The van der Waals surface area contributed by atoms with Gasteiger partial charge in [-0.15, -0.1) is 0 Å². The second-order valence-electron chi connectivity index (χ2n) is 4.80. The number of rotatable bonds is 6. The lowest BCUT2D eigenvalue weighted by Crippen LogP contribution is -2.17. The van der Waals surface area contributed by atoms with Gasteiger partial charge in [0.15, 0.2) is 11.5 Å². The van der Waals surface area contributed by atoms with Crippen molar-refractivity contribution in [1.29, 1.82) is 0 Å². The number of nitrogens with two attached hydrogens (primary N) is 1. The van der Waals surface area contributed by atoms with Crippen molar-refractivity contribution in [3.8, 4) is 11.5 Å². The first-order valence-corrected chi connectivity index (χ1v) is 6.23. The van der Waals surface area contributed by atoms with Gasteiger partial charge in [-0.1, -0.05) is 6.07 Å². The monoisotopic (exact) mass is 235 g/mol. The summed E-state index contributed by atoms with van der Waals surface area (Å²) in [6, 6.07) is 6.17. The van der Waals surface area contributed by atoms with Gasteiger partial charge in [-0.05, 0) is 55.8 Å². The minimum atomic E-state index is 0.359. The summed E-state index contributed by atoms with van der Waals surface area (Å²) < 4.78 is 10.9. The van der Waals surface area contributed by atoms with E-state index in [-0.39, 0.29) is 0 Å². The van der Waals surface area contributed by atoms with Crippen molar-refractivity contribution in [2.75, 3.05) is 20.3 Å². The van der Waals surface area contributed by atoms with Crippen molar-refractivity contribution >= 4 is 0 Å². The van der Waals surface area contributed by atoms with Crippen LogP contribution in [0.25, 0.3) is 0 Å². The Morgan fingerprint density at radius 1 is 1.29 bits per heavy atom. The molecule has 0 spiro atoms. The number of benzene rings is 1. The van der Waals surface area contributed by atoms with Gasteiger partial charge in [0.25, 0.3) is 0 Å². The molecular formula is C14H21NO2. The van der Waals surface area contributed by atoms with E-state index >= 15 is 0 Å². The minimum absolute atomic E-state index is 0.359. The smallest absolute Gasteiger partial charge is 0.161 e. The van der Waals surface area contributed by atoms with Crippen LogP contribution in [0.4, 0.5) is 0 Å². The Labute approximate surface area is 103 Å². The fourth-order valence-corrected chi connectivity index (χ4v) is 2.16. The molecule has 0 saturated heterocycles. The van der Waals surface area contributed by atoms with E-state index in [2.05, 4.69) is 12.1 Å². The highest BCUT2D eigenvalue weighted by Crippen LogP contribution is 2.47. The van der Waals surface area contributed by atoms with E-state index in [4.69, 9.17) is 15.2 Å². The molecule has 0 unspecified atom stereocenters. The van der Waals surface area contributed by atoms with Gasteiger partial charge in [-0.2, -0.15) is 0 Å². The van der Waals surface area contributed by atoms with Gasteiger partial charge < -0.3 is 15.2 Å². The van der Waals surface area contributed by atoms with Crippen LogP contribution in [0.15, 0.2) is 18.2 Å². The number of ether oxygens (including phenoxy) is 2. The highest BCUT2D eigenvalue weighted by molar-refractivity contribution is 5.43. The molecule has 17 heavy (non-hydrogen) atoms. The fraction of sp³-hybridized carbons (Fsp3) is 0.571. The SMILES string of the molecule is CCOc1cc(CC2(CN)CC2)ccc1OC. The van der Waals surface area contributed by atoms with Gasteiger partial charge >= 0.3 is 0 Å². The third kappa shape index (κ3) is 2.72. The van der Waals surface area contributed by atoms with Crippen LogP contribution < -0.4 is 15.2 Å². The molecular weight excluding hydrogens is 214 g/mol. The molecule has 2 N–H and O–H groups in total. The van der Waals surface area contributed by atoms with Crippen molar-refractivity contribution in [1.82, 2.24) is 0 Å². The fourth-order valence-electron chi connectivity index (χ4n) is 2.16. The van der Waals surface area contributed by atoms with Gasteiger partial charge in [0.2, 0.25) is 0 Å². The lowest BCUT2D eigenvalue weighted by molar-refractivity contribution is 0.310. The quantitative estimate of drug-likeness (QED) is 0.823. The largest absolute Gasteiger partial charge is 0.493 e. The first-order valence-electron chi connectivity index (χ1n) is 6.23. The maximum absolute atomic E-state index is 5.81. The first kappa shape index (κ1) is 12.2. The molecule has 3 heteroatoms. The van der Waals surface area contributed by atoms with Crippen molar-refractivity contribution in [2.45, 2.75) is 26.2 Å². The van der Waals surface area contributed by atoms with E-state index < -0.39 is 0 Å². The summed E-state index contributed by atoms with van der Waals surface area (Å²) in [6.07, 6.45) is 3.55. The molecule has 0 heterocycles. The summed E-state index contributed by atoms with van der Waals surface area (Å²) in [5.41, 5.74) is 7.46. The molecule has 0 bridgehead atoms. The standard InChI is InChI=1S/C14H21NO2/c1-3-17-13-8-11(4-5-12(13)16-2)9-14(10-15)6-7-14/h4-5,8H,3,6-7,9-10,15H2,1-2H3. The lowest BCUT2D eigenvalue weighted by Gasteiger charge is -2.15. The lowest BCUT2D eigenvalue weighted by atomic mass is 9.96. The Bertz CT molecular complexity index is 386. The van der Waals surface area contributed by atoms with Gasteiger partial charge in [0.1, 0.15) is 0 Å². The van der Waals surface area contributed by atoms with E-state index in [0.29, 0.717) is 12.0 Å². The van der Waals surface area contributed by atoms with Crippen LogP contribution in [0.2, 0.25) is 0 Å². The van der Waals surface area contributed by atoms with Crippen molar-refractivity contribution < 1.29 is 9.47 Å². The Kier molecular flexibility index (Phi) is 3.57. The van der Waals surface area contributed by atoms with Crippen LogP contribution in [-0.2, 0) is 6.42 Å². The van der Waals surface area contributed by atoms with E-state index in [9.17, 15) is 0 Å². The summed E-state index contributed by atoms with van der Waals surface area (Å²) in [5, 5.41) is 0. The highest BCUT2D eigenvalue weighted by atomic mass is 16.5. The molecule has 1 aliphatic carbocycles. The molecule has 1 fully saturated rings. The van der Waals surface area contributed by atoms with Crippen molar-refractivity contribution in [2.24, 2.45) is 11.1 Å². The Morgan fingerprint density at radius 2 is 2.06 bits per heavy atom. The zero-order chi connectivity index (χ0) is 12.3. The van der Waals surface area contributed by atoms with E-state index in [1.807, 2.05) is 13.0 Å². The third-order valence-corrected chi connectivity index (χ3v) is 3.50. The van der Waals surface area contributed by atoms with E-state index in [0.717, 1.165) is 24.5 Å². The molecule has 0 amide bonds. The normalized spacial score (nSPS) is 16.6. The minimum Gasteiger partial charge on any atom is -0.493 e. The maximum atomic E-state index is 5.81. The van der Waals surface area contributed by atoms with E-state index in [1.165, 1.54) is 18.4 Å². The molecule has 2 rings (SSSR count). The number of hydrogen-bond donors (Lipinski definition) is 1. The average molecular weight is 235 g/mol. The third-order valence-electron chi connectivity index (χ3n) is 3.50. The summed E-state index contributed by atoms with van der Waals surface area (Å²) in [7, 11) is 1.67. The van der Waals surface area contributed by atoms with Crippen LogP contribution in [0.3, 0.4) is 0 Å². The Hall–Kier alpha value is -1.22. The van der Waals surface area contributed by atoms with Crippen LogP contribution in [0, 0.1) is 5.41 Å². The van der Waals surface area contributed by atoms with Gasteiger partial charge in [0.05, 0.1) is 13.7 Å². The van der Waals surface area contributed by atoms with Gasteiger partial charge in [-0.25, -0.2) is 0 Å². The predicted molar refractivity (Wildman–Crippen MR) is 68.6 cm³/mol. The zero-order valence-corrected chi connectivity index (χ0v) is 10.7. The van der Waals surface area contributed by atoms with Crippen molar-refractivity contribution in [3.63, 3.8) is 0 Å². The predicted octanol–water partition coefficient (Wildman–Crippen LogP) is 2.38. The molecule has 0 aliphatic heterocycles. The number of hydrogen-bond acceptors (Lipinski definition) is 3. The average Bonchev–Trinajstić information content (AvgIpc) is 3.10. The van der Waals surface area contributed by atoms with Gasteiger partial charge in [0, 0.05) is 0 Å². The first-order chi connectivity index (χ1) is 8.23. The Balaban J connectivity index is 2.15. The molecule has 0 radical (unpaired) electrons. The summed E-state index contributed by atoms with van der Waals surface area (Å²) in [5.74, 6) is 1.63. The topological polar surface area (TPSA) is 44.5 Å². The highest BCUT2D eigenvalue weighted by Gasteiger charge is 2.40. The van der Waals surface area contributed by atoms with Crippen LogP contribution in [-0.4, -0.2) is 20.3 Å². The van der Waals surface area contributed by atoms with E-state index in [1.54, 1.807) is 7.11 Å². The molecule has 94 valence electrons. The second kappa shape index (κ2) is 4.96. The van der Waals surface area contributed by atoms with Crippen molar-refractivity contribution in [3.05, 3.63) is 23.8 Å². The summed E-state index contributed by atoms with van der Waals surface area (Å²) >= 11 is 0. The molecule has 3 nitrogen and oxygen atoms in total. The maximum Gasteiger partial charge on any atom is 0.161 e. The second-order valence-corrected chi connectivity index (χ2v) is 4.80. The van der Waals surface area contributed by atoms with Crippen LogP contribution in [0.1, 0.15) is 25.3 Å². The molecule has 1 aromatic carbocycles. The molecule has 1 aliphatic rings. The van der Waals surface area contributed by atoms with Crippen LogP contribution in [0.5, 0.6) is 11.5 Å². The molecule has 0 aromatic heterocycles. The zero-order valence-electron chi connectivity index (χ0n) is 10.7.